The summed E-state index contributed by atoms with van der Waals surface area (Å²) in [7, 11) is 2.08. The molecule has 0 radical (unpaired) electrons. The minimum Gasteiger partial charge on any atom is -0.368 e. The molecule has 2 N–H and O–H groups in total. The van der Waals surface area contributed by atoms with Crippen LogP contribution in [0.4, 0.5) is 5.69 Å². The summed E-state index contributed by atoms with van der Waals surface area (Å²) in [4.78, 5) is 6.59. The number of nitrogens with zero attached hydrogens (tertiary/aromatic N) is 2. The van der Waals surface area contributed by atoms with Gasteiger partial charge in [0.15, 0.2) is 0 Å². The number of benzene rings is 1. The topological polar surface area (TPSA) is 42.1 Å². The predicted octanol–water partition coefficient (Wildman–Crippen LogP) is 3.37. The van der Waals surface area contributed by atoms with E-state index in [-0.39, 0.29) is 6.04 Å². The van der Waals surface area contributed by atoms with Crippen LogP contribution in [0.5, 0.6) is 0 Å². The van der Waals surface area contributed by atoms with Crippen molar-refractivity contribution in [2.75, 3.05) is 11.9 Å². The van der Waals surface area contributed by atoms with Crippen molar-refractivity contribution in [2.45, 2.75) is 25.9 Å². The third-order valence-corrected chi connectivity index (χ3v) is 3.62. The maximum absolute atomic E-state index is 5.94. The molecule has 0 spiro atoms. The van der Waals surface area contributed by atoms with E-state index in [1.165, 1.54) is 11.3 Å². The van der Waals surface area contributed by atoms with Gasteiger partial charge in [-0.1, -0.05) is 28.1 Å². The van der Waals surface area contributed by atoms with E-state index in [9.17, 15) is 0 Å². The Morgan fingerprint density at radius 3 is 2.75 bits per heavy atom. The number of anilines is 1. The Hall–Kier alpha value is -1.39. The van der Waals surface area contributed by atoms with Crippen molar-refractivity contribution in [1.29, 1.82) is 0 Å². The summed E-state index contributed by atoms with van der Waals surface area (Å²) in [6.07, 6.45) is 2.70. The molecule has 3 nitrogen and oxygen atoms in total. The van der Waals surface area contributed by atoms with Crippen molar-refractivity contribution in [3.05, 3.63) is 58.3 Å². The number of pyridine rings is 1. The lowest BCUT2D eigenvalue weighted by Gasteiger charge is -2.23. The van der Waals surface area contributed by atoms with Crippen LogP contribution >= 0.6 is 15.9 Å². The van der Waals surface area contributed by atoms with Crippen LogP contribution in [0, 0.1) is 0 Å². The van der Waals surface area contributed by atoms with Crippen LogP contribution in [-0.2, 0) is 13.0 Å². The van der Waals surface area contributed by atoms with Gasteiger partial charge in [-0.3, -0.25) is 4.98 Å². The third kappa shape index (κ3) is 4.05. The summed E-state index contributed by atoms with van der Waals surface area (Å²) < 4.78 is 1.08. The molecule has 1 heterocycles. The largest absolute Gasteiger partial charge is 0.368 e. The van der Waals surface area contributed by atoms with Crippen molar-refractivity contribution >= 4 is 21.6 Å². The van der Waals surface area contributed by atoms with Crippen molar-refractivity contribution < 1.29 is 0 Å². The van der Waals surface area contributed by atoms with Crippen LogP contribution in [0.25, 0.3) is 0 Å². The first-order chi connectivity index (χ1) is 9.56. The first-order valence-electron chi connectivity index (χ1n) is 6.71. The quantitative estimate of drug-likeness (QED) is 0.912. The second-order valence-electron chi connectivity index (χ2n) is 5.13. The van der Waals surface area contributed by atoms with Gasteiger partial charge in [0.1, 0.15) is 0 Å². The minimum atomic E-state index is 0.151. The number of halogens is 1. The lowest BCUT2D eigenvalue weighted by atomic mass is 10.0. The molecule has 0 aliphatic rings. The highest BCUT2D eigenvalue weighted by molar-refractivity contribution is 9.10. The lowest BCUT2D eigenvalue weighted by Crippen LogP contribution is -2.22. The van der Waals surface area contributed by atoms with Crippen LogP contribution in [-0.4, -0.2) is 18.1 Å². The van der Waals surface area contributed by atoms with Gasteiger partial charge in [-0.15, -0.1) is 0 Å². The molecule has 0 fully saturated rings. The maximum atomic E-state index is 5.94. The number of rotatable bonds is 5. The van der Waals surface area contributed by atoms with Gasteiger partial charge in [0, 0.05) is 29.4 Å². The van der Waals surface area contributed by atoms with Crippen LogP contribution < -0.4 is 10.6 Å². The zero-order valence-corrected chi connectivity index (χ0v) is 13.5. The standard InChI is InChI=1S/C16H20BrN3/c1-12(18)9-13-6-7-14(17)10-16(13)20(2)11-15-5-3-4-8-19-15/h3-8,10,12H,9,11,18H2,1-2H3. The molecular weight excluding hydrogens is 314 g/mol. The predicted molar refractivity (Wildman–Crippen MR) is 87.8 cm³/mol. The van der Waals surface area contributed by atoms with Gasteiger partial charge in [-0.05, 0) is 43.2 Å². The summed E-state index contributed by atoms with van der Waals surface area (Å²) in [6, 6.07) is 12.5. The Morgan fingerprint density at radius 2 is 2.10 bits per heavy atom. The molecule has 106 valence electrons. The SMILES string of the molecule is CC(N)Cc1ccc(Br)cc1N(C)Cc1ccccn1. The van der Waals surface area contributed by atoms with E-state index in [0.29, 0.717) is 0 Å². The fourth-order valence-electron chi connectivity index (χ4n) is 2.23. The highest BCUT2D eigenvalue weighted by atomic mass is 79.9. The maximum Gasteiger partial charge on any atom is 0.0598 e. The summed E-state index contributed by atoms with van der Waals surface area (Å²) in [5, 5.41) is 0. The van der Waals surface area contributed by atoms with Crippen LogP contribution in [0.2, 0.25) is 0 Å². The highest BCUT2D eigenvalue weighted by Gasteiger charge is 2.10. The fraction of sp³-hybridized carbons (Fsp3) is 0.312. The molecule has 1 aromatic heterocycles. The Bertz CT molecular complexity index is 555. The van der Waals surface area contributed by atoms with Crippen LogP contribution in [0.3, 0.4) is 0 Å². The van der Waals surface area contributed by atoms with E-state index in [0.717, 1.165) is 23.1 Å². The van der Waals surface area contributed by atoms with Gasteiger partial charge in [0.05, 0.1) is 12.2 Å². The van der Waals surface area contributed by atoms with E-state index in [2.05, 4.69) is 51.1 Å². The zero-order valence-electron chi connectivity index (χ0n) is 11.9. The monoisotopic (exact) mass is 333 g/mol. The van der Waals surface area contributed by atoms with E-state index >= 15 is 0 Å². The number of nitrogens with two attached hydrogens (primary N) is 1. The van der Waals surface area contributed by atoms with E-state index < -0.39 is 0 Å². The summed E-state index contributed by atoms with van der Waals surface area (Å²) in [6.45, 7) is 2.81. The van der Waals surface area contributed by atoms with Gasteiger partial charge < -0.3 is 10.6 Å². The molecule has 1 atom stereocenters. The second kappa shape index (κ2) is 6.86. The van der Waals surface area contributed by atoms with Gasteiger partial charge in [-0.25, -0.2) is 0 Å². The summed E-state index contributed by atoms with van der Waals surface area (Å²) in [5.74, 6) is 0. The first kappa shape index (κ1) is 15.0. The van der Waals surface area contributed by atoms with Gasteiger partial charge in [-0.2, -0.15) is 0 Å². The zero-order chi connectivity index (χ0) is 14.5. The normalized spacial score (nSPS) is 12.2. The molecule has 2 aromatic rings. The summed E-state index contributed by atoms with van der Waals surface area (Å²) >= 11 is 3.54. The molecule has 1 aromatic carbocycles. The third-order valence-electron chi connectivity index (χ3n) is 3.13. The molecule has 0 amide bonds. The smallest absolute Gasteiger partial charge is 0.0598 e. The number of hydrogen-bond donors (Lipinski definition) is 1. The van der Waals surface area contributed by atoms with E-state index in [4.69, 9.17) is 5.73 Å². The van der Waals surface area contributed by atoms with Gasteiger partial charge >= 0.3 is 0 Å². The lowest BCUT2D eigenvalue weighted by molar-refractivity contribution is 0.733. The van der Waals surface area contributed by atoms with Crippen molar-refractivity contribution in [2.24, 2.45) is 5.73 Å². The van der Waals surface area contributed by atoms with Gasteiger partial charge in [0.2, 0.25) is 0 Å². The van der Waals surface area contributed by atoms with Crippen LogP contribution in [0.15, 0.2) is 47.1 Å². The molecule has 0 saturated heterocycles. The summed E-state index contributed by atoms with van der Waals surface area (Å²) in [5.41, 5.74) is 9.46. The average molecular weight is 334 g/mol. The molecule has 0 aliphatic heterocycles. The molecule has 20 heavy (non-hydrogen) atoms. The Labute approximate surface area is 129 Å². The Kier molecular flexibility index (Phi) is 5.15. The van der Waals surface area contributed by atoms with Gasteiger partial charge in [0.25, 0.3) is 0 Å². The molecular formula is C16H20BrN3. The number of aromatic nitrogens is 1. The van der Waals surface area contributed by atoms with Crippen molar-refractivity contribution in [1.82, 2.24) is 4.98 Å². The molecule has 0 aliphatic carbocycles. The van der Waals surface area contributed by atoms with E-state index in [1.807, 2.05) is 31.3 Å². The fourth-order valence-corrected chi connectivity index (χ4v) is 2.58. The van der Waals surface area contributed by atoms with Crippen molar-refractivity contribution in [3.8, 4) is 0 Å². The number of hydrogen-bond acceptors (Lipinski definition) is 3. The first-order valence-corrected chi connectivity index (χ1v) is 7.50. The average Bonchev–Trinajstić information content (AvgIpc) is 2.41. The Morgan fingerprint density at radius 1 is 1.30 bits per heavy atom. The molecule has 0 saturated carbocycles. The molecule has 4 heteroatoms. The van der Waals surface area contributed by atoms with Crippen LogP contribution in [0.1, 0.15) is 18.2 Å². The van der Waals surface area contributed by atoms with Crippen molar-refractivity contribution in [3.63, 3.8) is 0 Å². The molecule has 0 bridgehead atoms. The molecule has 2 rings (SSSR count). The second-order valence-corrected chi connectivity index (χ2v) is 6.05. The minimum absolute atomic E-state index is 0.151. The Balaban J connectivity index is 2.23. The highest BCUT2D eigenvalue weighted by Crippen LogP contribution is 2.26. The van der Waals surface area contributed by atoms with E-state index in [1.54, 1.807) is 0 Å². The molecule has 1 unspecified atom stereocenters.